The predicted molar refractivity (Wildman–Crippen MR) is 56.7 cm³/mol. The van der Waals surface area contributed by atoms with E-state index in [9.17, 15) is 0 Å². The van der Waals surface area contributed by atoms with Crippen LogP contribution in [0.4, 0.5) is 0 Å². The molecule has 0 unspecified atom stereocenters. The van der Waals surface area contributed by atoms with E-state index in [1.807, 2.05) is 39.2 Å². The van der Waals surface area contributed by atoms with Gasteiger partial charge in [0.25, 0.3) is 0 Å². The van der Waals surface area contributed by atoms with E-state index in [4.69, 9.17) is 17.0 Å². The van der Waals surface area contributed by atoms with Gasteiger partial charge in [-0.05, 0) is 24.6 Å². The van der Waals surface area contributed by atoms with Gasteiger partial charge in [0, 0.05) is 24.7 Å². The van der Waals surface area contributed by atoms with E-state index in [1.54, 1.807) is 4.90 Å². The Labute approximate surface area is 83.6 Å². The second-order valence-electron chi connectivity index (χ2n) is 3.20. The van der Waals surface area contributed by atoms with Crippen LogP contribution in [0, 0.1) is 12.3 Å². The quantitative estimate of drug-likeness (QED) is 0.543. The van der Waals surface area contributed by atoms with Crippen LogP contribution in [0.15, 0.2) is 18.2 Å². The van der Waals surface area contributed by atoms with Crippen LogP contribution in [0.3, 0.4) is 0 Å². The molecular weight excluding hydrogens is 184 g/mol. The van der Waals surface area contributed by atoms with Crippen molar-refractivity contribution in [2.24, 2.45) is 0 Å². The van der Waals surface area contributed by atoms with Crippen LogP contribution in [0.1, 0.15) is 11.1 Å². The van der Waals surface area contributed by atoms with E-state index in [0.717, 1.165) is 11.1 Å². The van der Waals surface area contributed by atoms with Crippen LogP contribution in [0.2, 0.25) is 5.02 Å². The van der Waals surface area contributed by atoms with Gasteiger partial charge in [-0.2, -0.15) is 0 Å². The monoisotopic (exact) mass is 196 g/mol. The van der Waals surface area contributed by atoms with Crippen molar-refractivity contribution in [1.82, 2.24) is 4.90 Å². The van der Waals surface area contributed by atoms with Gasteiger partial charge in [0.2, 0.25) is 0 Å². The highest BCUT2D eigenvalue weighted by Crippen LogP contribution is 2.16. The van der Waals surface area contributed by atoms with Crippen LogP contribution in [0.5, 0.6) is 0 Å². The van der Waals surface area contributed by atoms with Gasteiger partial charge in [-0.25, -0.2) is 0 Å². The minimum Gasteiger partial charge on any atom is -0.363 e. The first-order valence-electron chi connectivity index (χ1n) is 4.05. The summed E-state index contributed by atoms with van der Waals surface area (Å²) in [6.45, 7) is 1.98. The van der Waals surface area contributed by atoms with Crippen molar-refractivity contribution in [3.05, 3.63) is 34.3 Å². The Kier molecular flexibility index (Phi) is 2.94. The molecule has 3 heteroatoms. The first kappa shape index (κ1) is 10.1. The van der Waals surface area contributed by atoms with Gasteiger partial charge >= 0.3 is 0 Å². The highest BCUT2D eigenvalue weighted by Gasteiger charge is 2.06. The summed E-state index contributed by atoms with van der Waals surface area (Å²) in [5.41, 5.74) is 1.96. The SMILES string of the molecule is Cc1ccc(Cl)cc1C(=N)N(C)C. The van der Waals surface area contributed by atoms with Crippen molar-refractivity contribution in [3.8, 4) is 0 Å². The smallest absolute Gasteiger partial charge is 0.127 e. The average molecular weight is 197 g/mol. The summed E-state index contributed by atoms with van der Waals surface area (Å²) >= 11 is 5.85. The molecule has 0 amide bonds. The lowest BCUT2D eigenvalue weighted by molar-refractivity contribution is 0.618. The van der Waals surface area contributed by atoms with E-state index >= 15 is 0 Å². The van der Waals surface area contributed by atoms with Gasteiger partial charge in [-0.1, -0.05) is 17.7 Å². The molecular formula is C10H13ClN2. The maximum Gasteiger partial charge on any atom is 0.127 e. The summed E-state index contributed by atoms with van der Waals surface area (Å²) in [6, 6.07) is 5.58. The summed E-state index contributed by atoms with van der Waals surface area (Å²) in [7, 11) is 3.70. The Morgan fingerprint density at radius 1 is 1.38 bits per heavy atom. The van der Waals surface area contributed by atoms with Crippen LogP contribution < -0.4 is 0 Å². The minimum absolute atomic E-state index is 0.486. The van der Waals surface area contributed by atoms with Crippen molar-refractivity contribution in [2.75, 3.05) is 14.1 Å². The summed E-state index contributed by atoms with van der Waals surface area (Å²) in [6.07, 6.45) is 0. The van der Waals surface area contributed by atoms with Crippen LogP contribution >= 0.6 is 11.6 Å². The molecule has 0 atom stereocenters. The van der Waals surface area contributed by atoms with Crippen molar-refractivity contribution in [1.29, 1.82) is 5.41 Å². The van der Waals surface area contributed by atoms with Gasteiger partial charge in [-0.15, -0.1) is 0 Å². The third-order valence-corrected chi connectivity index (χ3v) is 2.14. The number of nitrogens with zero attached hydrogens (tertiary/aromatic N) is 1. The summed E-state index contributed by atoms with van der Waals surface area (Å²) in [5.74, 6) is 0.486. The fraction of sp³-hybridized carbons (Fsp3) is 0.300. The molecule has 0 aliphatic rings. The van der Waals surface area contributed by atoms with Gasteiger partial charge in [0.05, 0.1) is 0 Å². The van der Waals surface area contributed by atoms with Crippen molar-refractivity contribution in [2.45, 2.75) is 6.92 Å². The number of hydrogen-bond acceptors (Lipinski definition) is 1. The summed E-state index contributed by atoms with van der Waals surface area (Å²) in [4.78, 5) is 1.76. The number of hydrogen-bond donors (Lipinski definition) is 1. The molecule has 0 spiro atoms. The lowest BCUT2D eigenvalue weighted by Gasteiger charge is -2.15. The molecule has 1 aromatic carbocycles. The topological polar surface area (TPSA) is 27.1 Å². The highest BCUT2D eigenvalue weighted by molar-refractivity contribution is 6.31. The maximum absolute atomic E-state index is 7.79. The van der Waals surface area contributed by atoms with E-state index in [-0.39, 0.29) is 0 Å². The molecule has 0 saturated heterocycles. The molecule has 0 aliphatic heterocycles. The lowest BCUT2D eigenvalue weighted by atomic mass is 10.1. The molecule has 1 aromatic rings. The molecule has 0 bridgehead atoms. The molecule has 13 heavy (non-hydrogen) atoms. The molecule has 0 fully saturated rings. The number of amidine groups is 1. The van der Waals surface area contributed by atoms with Crippen molar-refractivity contribution < 1.29 is 0 Å². The zero-order chi connectivity index (χ0) is 10.0. The Balaban J connectivity index is 3.13. The van der Waals surface area contributed by atoms with E-state index in [1.165, 1.54) is 0 Å². The van der Waals surface area contributed by atoms with Crippen LogP contribution in [-0.4, -0.2) is 24.8 Å². The van der Waals surface area contributed by atoms with E-state index in [0.29, 0.717) is 10.9 Å². The fourth-order valence-corrected chi connectivity index (χ4v) is 1.26. The standard InChI is InChI=1S/C10H13ClN2/c1-7-4-5-8(11)6-9(7)10(12)13(2)3/h4-6,12H,1-3H3. The zero-order valence-electron chi connectivity index (χ0n) is 8.06. The highest BCUT2D eigenvalue weighted by atomic mass is 35.5. The third-order valence-electron chi connectivity index (χ3n) is 1.90. The van der Waals surface area contributed by atoms with Gasteiger partial charge < -0.3 is 4.90 Å². The molecule has 0 radical (unpaired) electrons. The largest absolute Gasteiger partial charge is 0.363 e. The lowest BCUT2D eigenvalue weighted by Crippen LogP contribution is -2.22. The normalized spacial score (nSPS) is 9.85. The number of rotatable bonds is 1. The van der Waals surface area contributed by atoms with E-state index < -0.39 is 0 Å². The Hall–Kier alpha value is -1.02. The first-order chi connectivity index (χ1) is 6.02. The number of halogens is 1. The van der Waals surface area contributed by atoms with Crippen LogP contribution in [-0.2, 0) is 0 Å². The number of aryl methyl sites for hydroxylation is 1. The zero-order valence-corrected chi connectivity index (χ0v) is 8.81. The average Bonchev–Trinajstić information content (AvgIpc) is 2.08. The maximum atomic E-state index is 7.79. The molecule has 0 saturated carbocycles. The molecule has 0 heterocycles. The van der Waals surface area contributed by atoms with Crippen LogP contribution in [0.25, 0.3) is 0 Å². The summed E-state index contributed by atoms with van der Waals surface area (Å²) in [5, 5.41) is 8.46. The van der Waals surface area contributed by atoms with Gasteiger partial charge in [0.1, 0.15) is 5.84 Å². The molecule has 0 aromatic heterocycles. The second kappa shape index (κ2) is 3.79. The van der Waals surface area contributed by atoms with E-state index in [2.05, 4.69) is 0 Å². The first-order valence-corrected chi connectivity index (χ1v) is 4.42. The molecule has 2 nitrogen and oxygen atoms in total. The Morgan fingerprint density at radius 3 is 2.54 bits per heavy atom. The number of nitrogens with one attached hydrogen (secondary N) is 1. The third kappa shape index (κ3) is 2.22. The number of benzene rings is 1. The minimum atomic E-state index is 0.486. The Morgan fingerprint density at radius 2 is 2.00 bits per heavy atom. The van der Waals surface area contributed by atoms with Gasteiger partial charge in [0.15, 0.2) is 0 Å². The van der Waals surface area contributed by atoms with Crippen molar-refractivity contribution >= 4 is 17.4 Å². The predicted octanol–water partition coefficient (Wildman–Crippen LogP) is 2.54. The second-order valence-corrected chi connectivity index (χ2v) is 3.64. The fourth-order valence-electron chi connectivity index (χ4n) is 1.09. The molecule has 0 aliphatic carbocycles. The molecule has 1 rings (SSSR count). The molecule has 1 N–H and O–H groups in total. The van der Waals surface area contributed by atoms with Gasteiger partial charge in [-0.3, -0.25) is 5.41 Å². The Bertz CT molecular complexity index is 332. The van der Waals surface area contributed by atoms with Crippen molar-refractivity contribution in [3.63, 3.8) is 0 Å². The summed E-state index contributed by atoms with van der Waals surface area (Å²) < 4.78 is 0. The molecule has 70 valence electrons.